The maximum absolute atomic E-state index is 12.1. The summed E-state index contributed by atoms with van der Waals surface area (Å²) in [6, 6.07) is 0. The van der Waals surface area contributed by atoms with Crippen LogP contribution in [-0.4, -0.2) is 17.4 Å². The minimum absolute atomic E-state index is 0.111. The van der Waals surface area contributed by atoms with Crippen LogP contribution in [0.5, 0.6) is 0 Å². The fourth-order valence-corrected chi connectivity index (χ4v) is 9.34. The molecule has 0 saturated heterocycles. The lowest BCUT2D eigenvalue weighted by molar-refractivity contribution is -0.170. The number of hydrogen-bond acceptors (Lipinski definition) is 3. The maximum atomic E-state index is 12.1. The number of carbonyl (C=O) groups is 2. The molecule has 10 unspecified atom stereocenters. The Morgan fingerprint density at radius 2 is 1.93 bits per heavy atom. The molecule has 142 valence electrons. The molecule has 0 amide bonds. The zero-order chi connectivity index (χ0) is 18.3. The Labute approximate surface area is 160 Å². The third-order valence-corrected chi connectivity index (χ3v) is 10.5. The van der Waals surface area contributed by atoms with Crippen molar-refractivity contribution in [2.45, 2.75) is 58.0 Å². The van der Waals surface area contributed by atoms with Crippen LogP contribution in [0.1, 0.15) is 52.4 Å². The van der Waals surface area contributed by atoms with Crippen LogP contribution in [-0.2, 0) is 14.3 Å². The summed E-state index contributed by atoms with van der Waals surface area (Å²) in [7, 11) is 0. The van der Waals surface area contributed by atoms with E-state index in [0.717, 1.165) is 42.9 Å². The fraction of sp³-hybridized carbons (Fsp3) is 0.750. The molecule has 0 bridgehead atoms. The quantitative estimate of drug-likeness (QED) is 0.608. The van der Waals surface area contributed by atoms with Crippen LogP contribution in [0.25, 0.3) is 0 Å². The van der Waals surface area contributed by atoms with Gasteiger partial charge in [-0.05, 0) is 85.2 Å². The second kappa shape index (κ2) is 4.28. The molecule has 0 aromatic carbocycles. The molecule has 1 aliphatic heterocycles. The summed E-state index contributed by atoms with van der Waals surface area (Å²) in [5.74, 6) is 5.17. The first kappa shape index (κ1) is 15.5. The van der Waals surface area contributed by atoms with Gasteiger partial charge in [0.1, 0.15) is 5.60 Å². The Morgan fingerprint density at radius 3 is 2.70 bits per heavy atom. The van der Waals surface area contributed by atoms with Gasteiger partial charge < -0.3 is 4.74 Å². The minimum Gasteiger partial charge on any atom is -0.451 e. The van der Waals surface area contributed by atoms with E-state index in [0.29, 0.717) is 23.5 Å². The van der Waals surface area contributed by atoms with Crippen molar-refractivity contribution in [3.8, 4) is 0 Å². The zero-order valence-corrected chi connectivity index (χ0v) is 16.2. The molecule has 7 aliphatic rings. The van der Waals surface area contributed by atoms with E-state index in [9.17, 15) is 9.59 Å². The minimum atomic E-state index is -0.311. The number of carbonyl (C=O) groups excluding carboxylic acids is 2. The maximum Gasteiger partial charge on any atom is 0.331 e. The van der Waals surface area contributed by atoms with Crippen molar-refractivity contribution in [1.82, 2.24) is 0 Å². The smallest absolute Gasteiger partial charge is 0.331 e. The van der Waals surface area contributed by atoms with Gasteiger partial charge in [0.05, 0.1) is 0 Å². The Kier molecular flexibility index (Phi) is 2.46. The molecular weight excluding hydrogens is 336 g/mol. The number of ether oxygens (including phenoxy) is 1. The summed E-state index contributed by atoms with van der Waals surface area (Å²) in [5, 5.41) is 0. The van der Waals surface area contributed by atoms with E-state index >= 15 is 0 Å². The lowest BCUT2D eigenvalue weighted by Crippen LogP contribution is -2.57. The highest BCUT2D eigenvalue weighted by atomic mass is 16.6. The Morgan fingerprint density at radius 1 is 1.07 bits per heavy atom. The molecule has 3 heteroatoms. The van der Waals surface area contributed by atoms with E-state index in [-0.39, 0.29) is 22.4 Å². The van der Waals surface area contributed by atoms with Crippen LogP contribution in [0.15, 0.2) is 23.8 Å². The summed E-state index contributed by atoms with van der Waals surface area (Å²) in [5.41, 5.74) is 1.55. The van der Waals surface area contributed by atoms with Crippen LogP contribution < -0.4 is 0 Å². The van der Waals surface area contributed by atoms with Gasteiger partial charge in [0.15, 0.2) is 5.78 Å². The van der Waals surface area contributed by atoms with Crippen molar-refractivity contribution in [2.24, 2.45) is 52.3 Å². The molecule has 5 fully saturated rings. The van der Waals surface area contributed by atoms with Crippen LogP contribution >= 0.6 is 0 Å². The van der Waals surface area contributed by atoms with Gasteiger partial charge in [-0.15, -0.1) is 0 Å². The predicted octanol–water partition coefficient (Wildman–Crippen LogP) is 4.08. The van der Waals surface area contributed by atoms with Gasteiger partial charge in [-0.25, -0.2) is 4.79 Å². The van der Waals surface area contributed by atoms with E-state index in [1.165, 1.54) is 24.8 Å². The van der Waals surface area contributed by atoms with Crippen molar-refractivity contribution in [3.63, 3.8) is 0 Å². The van der Waals surface area contributed by atoms with E-state index in [1.807, 2.05) is 0 Å². The van der Waals surface area contributed by atoms with Crippen molar-refractivity contribution in [2.75, 3.05) is 0 Å². The number of allylic oxidation sites excluding steroid dienone is 1. The average molecular weight is 364 g/mol. The number of ketones is 1. The van der Waals surface area contributed by atoms with E-state index in [4.69, 9.17) is 4.74 Å². The summed E-state index contributed by atoms with van der Waals surface area (Å²) in [6.45, 7) is 4.92. The number of hydrogen-bond donors (Lipinski definition) is 0. The average Bonchev–Trinajstić information content (AvgIpc) is 3.53. The predicted molar refractivity (Wildman–Crippen MR) is 99.4 cm³/mol. The van der Waals surface area contributed by atoms with Gasteiger partial charge in [-0.1, -0.05) is 19.4 Å². The standard InChI is InChI=1S/C24H28O3/c1-22-6-3-12(25)9-17(22)13-10-14(13)20-16(22)4-7-23(2)21(20)15-11-18(15)24(23)8-5-19(26)27-24/h5,8-9,13-16,18,20-21H,3-4,6-7,10-11H2,1-2H3. The molecule has 0 aromatic rings. The molecule has 5 saturated carbocycles. The molecule has 0 N–H and O–H groups in total. The second-order valence-electron chi connectivity index (χ2n) is 11.2. The first-order valence-electron chi connectivity index (χ1n) is 11.1. The third-order valence-electron chi connectivity index (χ3n) is 10.5. The molecule has 3 nitrogen and oxygen atoms in total. The molecule has 1 spiro atoms. The summed E-state index contributed by atoms with van der Waals surface area (Å²) >= 11 is 0. The zero-order valence-electron chi connectivity index (χ0n) is 16.2. The highest BCUT2D eigenvalue weighted by Crippen LogP contribution is 2.81. The van der Waals surface area contributed by atoms with E-state index in [1.54, 1.807) is 6.08 Å². The van der Waals surface area contributed by atoms with Gasteiger partial charge in [0.2, 0.25) is 0 Å². The molecule has 0 aromatic heterocycles. The van der Waals surface area contributed by atoms with E-state index < -0.39 is 0 Å². The van der Waals surface area contributed by atoms with Crippen molar-refractivity contribution < 1.29 is 14.3 Å². The summed E-state index contributed by atoms with van der Waals surface area (Å²) in [6.07, 6.45) is 12.6. The normalized spacial score (nSPS) is 61.4. The monoisotopic (exact) mass is 364 g/mol. The Balaban J connectivity index is 1.34. The molecule has 7 rings (SSSR count). The molecule has 27 heavy (non-hydrogen) atoms. The van der Waals surface area contributed by atoms with Crippen LogP contribution in [0, 0.1) is 52.3 Å². The second-order valence-corrected chi connectivity index (χ2v) is 11.2. The first-order valence-corrected chi connectivity index (χ1v) is 11.1. The number of fused-ring (bicyclic) bond motifs is 12. The highest BCUT2D eigenvalue weighted by Gasteiger charge is 2.80. The van der Waals surface area contributed by atoms with Gasteiger partial charge in [0.25, 0.3) is 0 Å². The molecular formula is C24H28O3. The lowest BCUT2D eigenvalue weighted by Gasteiger charge is -2.59. The van der Waals surface area contributed by atoms with Gasteiger partial charge in [-0.3, -0.25) is 4.79 Å². The lowest BCUT2D eigenvalue weighted by atomic mass is 9.45. The van der Waals surface area contributed by atoms with E-state index in [2.05, 4.69) is 26.0 Å². The fourth-order valence-electron chi connectivity index (χ4n) is 9.34. The highest BCUT2D eigenvalue weighted by molar-refractivity contribution is 5.92. The van der Waals surface area contributed by atoms with Crippen molar-refractivity contribution >= 4 is 11.8 Å². The Bertz CT molecular complexity index is 869. The first-order chi connectivity index (χ1) is 12.9. The topological polar surface area (TPSA) is 43.4 Å². The van der Waals surface area contributed by atoms with Gasteiger partial charge in [-0.2, -0.15) is 0 Å². The van der Waals surface area contributed by atoms with Gasteiger partial charge in [0, 0.05) is 23.8 Å². The van der Waals surface area contributed by atoms with Gasteiger partial charge >= 0.3 is 5.97 Å². The summed E-state index contributed by atoms with van der Waals surface area (Å²) < 4.78 is 6.10. The largest absolute Gasteiger partial charge is 0.451 e. The number of rotatable bonds is 0. The van der Waals surface area contributed by atoms with Crippen LogP contribution in [0.3, 0.4) is 0 Å². The Hall–Kier alpha value is -1.38. The molecule has 1 heterocycles. The van der Waals surface area contributed by atoms with Crippen molar-refractivity contribution in [1.29, 1.82) is 0 Å². The third kappa shape index (κ3) is 1.53. The summed E-state index contributed by atoms with van der Waals surface area (Å²) in [4.78, 5) is 24.2. The molecule has 10 atom stereocenters. The molecule has 6 aliphatic carbocycles. The van der Waals surface area contributed by atoms with Crippen molar-refractivity contribution in [3.05, 3.63) is 23.8 Å². The number of esters is 1. The molecule has 0 radical (unpaired) electrons. The van der Waals surface area contributed by atoms with Crippen LogP contribution in [0.4, 0.5) is 0 Å². The SMILES string of the molecule is CC12CCC(=O)C=C1C1CC1C1C2CCC2(C)C1C1CC1C21C=CC(=O)O1. The van der Waals surface area contributed by atoms with Crippen LogP contribution in [0.2, 0.25) is 0 Å².